The van der Waals surface area contributed by atoms with E-state index in [1.54, 1.807) is 38.1 Å². The summed E-state index contributed by atoms with van der Waals surface area (Å²) >= 11 is 0. The van der Waals surface area contributed by atoms with E-state index < -0.39 is 11.9 Å². The van der Waals surface area contributed by atoms with Gasteiger partial charge in [-0.2, -0.15) is 0 Å². The van der Waals surface area contributed by atoms with Gasteiger partial charge < -0.3 is 11.1 Å². The van der Waals surface area contributed by atoms with Crippen molar-refractivity contribution >= 4 is 23.4 Å². The van der Waals surface area contributed by atoms with Gasteiger partial charge in [0.2, 0.25) is 5.91 Å². The van der Waals surface area contributed by atoms with Crippen molar-refractivity contribution in [2.45, 2.75) is 32.4 Å². The molecule has 1 aliphatic heterocycles. The Morgan fingerprint density at radius 3 is 2.55 bits per heavy atom. The van der Waals surface area contributed by atoms with Crippen LogP contribution in [0.25, 0.3) is 0 Å². The van der Waals surface area contributed by atoms with E-state index >= 15 is 0 Å². The molecule has 0 saturated carbocycles. The SMILES string of the molecule is CC(C)N1C(=O)CC(NC(=O)c2ccccc2N)C1=O. The van der Waals surface area contributed by atoms with Crippen LogP contribution in [-0.4, -0.2) is 34.7 Å². The molecule has 3 N–H and O–H groups in total. The molecule has 1 aromatic rings. The van der Waals surface area contributed by atoms with Gasteiger partial charge in [-0.1, -0.05) is 12.1 Å². The van der Waals surface area contributed by atoms with Crippen LogP contribution in [-0.2, 0) is 9.59 Å². The number of likely N-dealkylation sites (tertiary alicyclic amines) is 1. The summed E-state index contributed by atoms with van der Waals surface area (Å²) in [5.41, 5.74) is 6.35. The molecule has 1 heterocycles. The van der Waals surface area contributed by atoms with Crippen molar-refractivity contribution in [1.29, 1.82) is 0 Å². The average Bonchev–Trinajstić information content (AvgIpc) is 2.64. The predicted octanol–water partition coefficient (Wildman–Crippen LogP) is 0.534. The number of hydrogen-bond acceptors (Lipinski definition) is 4. The van der Waals surface area contributed by atoms with Crippen LogP contribution in [0.1, 0.15) is 30.6 Å². The lowest BCUT2D eigenvalue weighted by atomic mass is 10.1. The second-order valence-corrected chi connectivity index (χ2v) is 5.01. The number of benzene rings is 1. The van der Waals surface area contributed by atoms with E-state index in [0.29, 0.717) is 11.3 Å². The highest BCUT2D eigenvalue weighted by atomic mass is 16.2. The lowest BCUT2D eigenvalue weighted by molar-refractivity contribution is -0.140. The average molecular weight is 275 g/mol. The van der Waals surface area contributed by atoms with Gasteiger partial charge >= 0.3 is 0 Å². The van der Waals surface area contributed by atoms with Gasteiger partial charge in [-0.25, -0.2) is 0 Å². The lowest BCUT2D eigenvalue weighted by Gasteiger charge is -2.19. The number of nitrogens with two attached hydrogens (primary N) is 1. The number of imide groups is 1. The molecular weight excluding hydrogens is 258 g/mol. The topological polar surface area (TPSA) is 92.5 Å². The van der Waals surface area contributed by atoms with Crippen molar-refractivity contribution in [3.8, 4) is 0 Å². The maximum absolute atomic E-state index is 12.1. The van der Waals surface area contributed by atoms with Crippen LogP contribution in [0.15, 0.2) is 24.3 Å². The van der Waals surface area contributed by atoms with Gasteiger partial charge in [0.1, 0.15) is 6.04 Å². The smallest absolute Gasteiger partial charge is 0.254 e. The van der Waals surface area contributed by atoms with E-state index in [1.807, 2.05) is 0 Å². The monoisotopic (exact) mass is 275 g/mol. The number of nitrogen functional groups attached to an aromatic ring is 1. The van der Waals surface area contributed by atoms with Gasteiger partial charge in [0, 0.05) is 11.7 Å². The Bertz CT molecular complexity index is 569. The zero-order valence-electron chi connectivity index (χ0n) is 11.4. The molecule has 1 unspecified atom stereocenters. The summed E-state index contributed by atoms with van der Waals surface area (Å²) < 4.78 is 0. The quantitative estimate of drug-likeness (QED) is 0.622. The Balaban J connectivity index is 2.12. The minimum absolute atomic E-state index is 0.00447. The fourth-order valence-corrected chi connectivity index (χ4v) is 2.25. The number of para-hydroxylation sites is 1. The molecule has 1 saturated heterocycles. The van der Waals surface area contributed by atoms with Crippen LogP contribution in [0.5, 0.6) is 0 Å². The van der Waals surface area contributed by atoms with Crippen LogP contribution < -0.4 is 11.1 Å². The molecule has 0 aromatic heterocycles. The Hall–Kier alpha value is -2.37. The molecule has 3 amide bonds. The van der Waals surface area contributed by atoms with Gasteiger partial charge in [0.25, 0.3) is 11.8 Å². The fourth-order valence-electron chi connectivity index (χ4n) is 2.25. The number of carbonyl (C=O) groups is 3. The van der Waals surface area contributed by atoms with E-state index in [0.717, 1.165) is 0 Å². The van der Waals surface area contributed by atoms with E-state index in [1.165, 1.54) is 4.90 Å². The third-order valence-electron chi connectivity index (χ3n) is 3.21. The minimum Gasteiger partial charge on any atom is -0.398 e. The third-order valence-corrected chi connectivity index (χ3v) is 3.21. The van der Waals surface area contributed by atoms with Crippen molar-refractivity contribution in [3.63, 3.8) is 0 Å². The summed E-state index contributed by atoms with van der Waals surface area (Å²) in [6.07, 6.45) is -0.00447. The molecule has 0 aliphatic carbocycles. The van der Waals surface area contributed by atoms with Crippen LogP contribution in [0.2, 0.25) is 0 Å². The van der Waals surface area contributed by atoms with Crippen molar-refractivity contribution in [1.82, 2.24) is 10.2 Å². The molecule has 2 rings (SSSR count). The summed E-state index contributed by atoms with van der Waals surface area (Å²) in [7, 11) is 0. The summed E-state index contributed by atoms with van der Waals surface area (Å²) in [6, 6.07) is 5.57. The first-order chi connectivity index (χ1) is 9.41. The number of rotatable bonds is 3. The molecule has 0 bridgehead atoms. The number of nitrogens with zero attached hydrogens (tertiary/aromatic N) is 1. The number of carbonyl (C=O) groups excluding carboxylic acids is 3. The molecule has 20 heavy (non-hydrogen) atoms. The molecule has 1 atom stereocenters. The van der Waals surface area contributed by atoms with Crippen molar-refractivity contribution in [2.75, 3.05) is 5.73 Å². The Morgan fingerprint density at radius 2 is 2.00 bits per heavy atom. The van der Waals surface area contributed by atoms with Crippen LogP contribution in [0.4, 0.5) is 5.69 Å². The van der Waals surface area contributed by atoms with Crippen LogP contribution in [0.3, 0.4) is 0 Å². The Labute approximate surface area is 116 Å². The van der Waals surface area contributed by atoms with Crippen molar-refractivity contribution in [3.05, 3.63) is 29.8 Å². The van der Waals surface area contributed by atoms with Crippen LogP contribution in [0, 0.1) is 0 Å². The second kappa shape index (κ2) is 5.32. The van der Waals surface area contributed by atoms with E-state index in [2.05, 4.69) is 5.32 Å². The number of nitrogens with one attached hydrogen (secondary N) is 1. The highest BCUT2D eigenvalue weighted by Crippen LogP contribution is 2.17. The normalized spacial score (nSPS) is 18.8. The summed E-state index contributed by atoms with van der Waals surface area (Å²) in [5.74, 6) is -1.08. The first kappa shape index (κ1) is 14.0. The zero-order valence-corrected chi connectivity index (χ0v) is 11.4. The molecule has 0 radical (unpaired) electrons. The second-order valence-electron chi connectivity index (χ2n) is 5.01. The van der Waals surface area contributed by atoms with Crippen molar-refractivity contribution < 1.29 is 14.4 Å². The third kappa shape index (κ3) is 2.49. The van der Waals surface area contributed by atoms with Gasteiger partial charge in [-0.15, -0.1) is 0 Å². The summed E-state index contributed by atoms with van der Waals surface area (Å²) in [5, 5.41) is 2.57. The molecule has 6 heteroatoms. The highest BCUT2D eigenvalue weighted by Gasteiger charge is 2.40. The zero-order chi connectivity index (χ0) is 14.9. The molecule has 1 aliphatic rings. The van der Waals surface area contributed by atoms with Gasteiger partial charge in [-0.05, 0) is 26.0 Å². The van der Waals surface area contributed by atoms with Crippen molar-refractivity contribution in [2.24, 2.45) is 0 Å². The molecular formula is C14H17N3O3. The first-order valence-corrected chi connectivity index (χ1v) is 6.43. The highest BCUT2D eigenvalue weighted by molar-refractivity contribution is 6.09. The standard InChI is InChI=1S/C14H17N3O3/c1-8(2)17-12(18)7-11(14(17)20)16-13(19)9-5-3-4-6-10(9)15/h3-6,8,11H,7,15H2,1-2H3,(H,16,19). The minimum atomic E-state index is -0.808. The number of anilines is 1. The molecule has 0 spiro atoms. The first-order valence-electron chi connectivity index (χ1n) is 6.43. The maximum Gasteiger partial charge on any atom is 0.254 e. The molecule has 6 nitrogen and oxygen atoms in total. The molecule has 106 valence electrons. The number of amides is 3. The maximum atomic E-state index is 12.1. The Morgan fingerprint density at radius 1 is 1.35 bits per heavy atom. The molecule has 1 fully saturated rings. The number of hydrogen-bond donors (Lipinski definition) is 2. The predicted molar refractivity (Wildman–Crippen MR) is 73.7 cm³/mol. The van der Waals surface area contributed by atoms with E-state index in [9.17, 15) is 14.4 Å². The molecule has 1 aromatic carbocycles. The lowest BCUT2D eigenvalue weighted by Crippen LogP contribution is -2.43. The fraction of sp³-hybridized carbons (Fsp3) is 0.357. The van der Waals surface area contributed by atoms with Gasteiger partial charge in [0.15, 0.2) is 0 Å². The summed E-state index contributed by atoms with van der Waals surface area (Å²) in [6.45, 7) is 3.52. The van der Waals surface area contributed by atoms with E-state index in [-0.39, 0.29) is 24.3 Å². The Kier molecular flexibility index (Phi) is 3.74. The van der Waals surface area contributed by atoms with E-state index in [4.69, 9.17) is 5.73 Å². The largest absolute Gasteiger partial charge is 0.398 e. The van der Waals surface area contributed by atoms with Crippen LogP contribution >= 0.6 is 0 Å². The van der Waals surface area contributed by atoms with Gasteiger partial charge in [0.05, 0.1) is 12.0 Å². The van der Waals surface area contributed by atoms with Gasteiger partial charge in [-0.3, -0.25) is 19.3 Å². The summed E-state index contributed by atoms with van der Waals surface area (Å²) in [4.78, 5) is 37.1.